The fourth-order valence-corrected chi connectivity index (χ4v) is 2.49. The van der Waals surface area contributed by atoms with Gasteiger partial charge in [-0.15, -0.1) is 0 Å². The molecular weight excluding hydrogens is 276 g/mol. The van der Waals surface area contributed by atoms with Crippen molar-refractivity contribution in [3.05, 3.63) is 6.33 Å². The fraction of sp³-hybridized carbons (Fsp3) is 0.583. The van der Waals surface area contributed by atoms with Gasteiger partial charge in [0.1, 0.15) is 12.3 Å². The molecular formula is C12H18N6O3. The first-order valence-corrected chi connectivity index (χ1v) is 6.63. The zero-order valence-corrected chi connectivity index (χ0v) is 11.8. The Morgan fingerprint density at radius 2 is 2.24 bits per heavy atom. The molecule has 3 atom stereocenters. The third kappa shape index (κ3) is 2.28. The molecule has 0 radical (unpaired) electrons. The molecule has 9 nitrogen and oxygen atoms in total. The number of rotatable bonds is 3. The number of fused-ring (bicyclic) bond motifs is 1. The predicted molar refractivity (Wildman–Crippen MR) is 75.7 cm³/mol. The summed E-state index contributed by atoms with van der Waals surface area (Å²) in [6.45, 7) is -0.232. The van der Waals surface area contributed by atoms with E-state index in [1.54, 1.807) is 15.8 Å². The summed E-state index contributed by atoms with van der Waals surface area (Å²) >= 11 is 0. The predicted octanol–water partition coefficient (Wildman–Crippen LogP) is -0.885. The zero-order valence-electron chi connectivity index (χ0n) is 11.8. The van der Waals surface area contributed by atoms with Gasteiger partial charge in [0.15, 0.2) is 17.0 Å². The van der Waals surface area contributed by atoms with Crippen molar-refractivity contribution in [1.29, 1.82) is 0 Å². The topological polar surface area (TPSA) is 123 Å². The molecule has 0 spiro atoms. The van der Waals surface area contributed by atoms with Crippen LogP contribution < -0.4 is 10.6 Å². The van der Waals surface area contributed by atoms with Crippen LogP contribution in [0.5, 0.6) is 0 Å². The Balaban J connectivity index is 2.05. The number of aliphatic hydroxyl groups excluding tert-OH is 2. The summed E-state index contributed by atoms with van der Waals surface area (Å²) in [5.74, 6) is 0.763. The number of ether oxygens (including phenoxy) is 1. The Kier molecular flexibility index (Phi) is 3.40. The summed E-state index contributed by atoms with van der Waals surface area (Å²) in [5, 5.41) is 19.0. The highest BCUT2D eigenvalue weighted by Crippen LogP contribution is 2.32. The largest absolute Gasteiger partial charge is 0.394 e. The van der Waals surface area contributed by atoms with Crippen LogP contribution >= 0.6 is 0 Å². The van der Waals surface area contributed by atoms with Crippen LogP contribution in [0, 0.1) is 0 Å². The molecule has 0 aromatic carbocycles. The normalized spacial score (nSPS) is 25.6. The molecule has 0 unspecified atom stereocenters. The minimum absolute atomic E-state index is 0.144. The summed E-state index contributed by atoms with van der Waals surface area (Å²) in [4.78, 5) is 14.5. The molecule has 1 aliphatic rings. The molecule has 3 rings (SSSR count). The number of aromatic nitrogens is 4. The number of nitrogen functional groups attached to an aromatic ring is 1. The molecule has 1 saturated heterocycles. The smallest absolute Gasteiger partial charge is 0.224 e. The number of nitrogens with zero attached hydrogens (tertiary/aromatic N) is 5. The van der Waals surface area contributed by atoms with Crippen molar-refractivity contribution in [3.63, 3.8) is 0 Å². The van der Waals surface area contributed by atoms with Crippen molar-refractivity contribution in [3.8, 4) is 0 Å². The first-order valence-electron chi connectivity index (χ1n) is 6.63. The molecule has 1 fully saturated rings. The molecule has 1 aliphatic heterocycles. The van der Waals surface area contributed by atoms with Crippen molar-refractivity contribution in [2.75, 3.05) is 31.3 Å². The van der Waals surface area contributed by atoms with Gasteiger partial charge in [-0.25, -0.2) is 4.98 Å². The van der Waals surface area contributed by atoms with Crippen LogP contribution in [0.15, 0.2) is 6.33 Å². The minimum atomic E-state index is -0.718. The van der Waals surface area contributed by atoms with E-state index in [0.717, 1.165) is 0 Å². The fourth-order valence-electron chi connectivity index (χ4n) is 2.49. The number of nitrogens with two attached hydrogens (primary N) is 1. The van der Waals surface area contributed by atoms with E-state index >= 15 is 0 Å². The number of anilines is 2. The zero-order chi connectivity index (χ0) is 15.1. The van der Waals surface area contributed by atoms with Crippen molar-refractivity contribution < 1.29 is 14.9 Å². The Morgan fingerprint density at radius 3 is 2.86 bits per heavy atom. The maximum atomic E-state index is 9.84. The van der Waals surface area contributed by atoms with Crippen LogP contribution in [0.4, 0.5) is 11.8 Å². The first kappa shape index (κ1) is 14.0. The Morgan fingerprint density at radius 1 is 1.48 bits per heavy atom. The lowest BCUT2D eigenvalue weighted by Crippen LogP contribution is -2.24. The molecule has 9 heteroatoms. The minimum Gasteiger partial charge on any atom is -0.394 e. The van der Waals surface area contributed by atoms with E-state index in [-0.39, 0.29) is 12.6 Å². The van der Waals surface area contributed by atoms with E-state index in [4.69, 9.17) is 15.6 Å². The lowest BCUT2D eigenvalue weighted by atomic mass is 10.2. The van der Waals surface area contributed by atoms with Crippen molar-refractivity contribution >= 4 is 22.9 Å². The van der Waals surface area contributed by atoms with E-state index in [1.165, 1.54) is 0 Å². The number of imidazole rings is 1. The van der Waals surface area contributed by atoms with Gasteiger partial charge in [-0.2, -0.15) is 9.97 Å². The molecule has 0 amide bonds. The van der Waals surface area contributed by atoms with Crippen LogP contribution in [0.3, 0.4) is 0 Å². The second kappa shape index (κ2) is 5.10. The molecule has 0 aliphatic carbocycles. The van der Waals surface area contributed by atoms with Gasteiger partial charge in [0.25, 0.3) is 0 Å². The van der Waals surface area contributed by atoms with E-state index < -0.39 is 18.4 Å². The Hall–Kier alpha value is -1.97. The highest BCUT2D eigenvalue weighted by atomic mass is 16.5. The highest BCUT2D eigenvalue weighted by molar-refractivity contribution is 5.84. The summed E-state index contributed by atoms with van der Waals surface area (Å²) in [6.07, 6.45) is 0.192. The Bertz CT molecular complexity index is 658. The van der Waals surface area contributed by atoms with E-state index in [2.05, 4.69) is 15.0 Å². The maximum absolute atomic E-state index is 9.84. The van der Waals surface area contributed by atoms with Gasteiger partial charge >= 0.3 is 0 Å². The maximum Gasteiger partial charge on any atom is 0.224 e. The third-order valence-corrected chi connectivity index (χ3v) is 3.54. The van der Waals surface area contributed by atoms with Gasteiger partial charge in [-0.05, 0) is 0 Å². The second-order valence-corrected chi connectivity index (χ2v) is 5.24. The van der Waals surface area contributed by atoms with Crippen LogP contribution in [0.25, 0.3) is 11.2 Å². The molecule has 114 valence electrons. The lowest BCUT2D eigenvalue weighted by molar-refractivity contribution is -0.0432. The number of hydrogen-bond acceptors (Lipinski definition) is 8. The van der Waals surface area contributed by atoms with Crippen LogP contribution in [-0.4, -0.2) is 62.6 Å². The lowest BCUT2D eigenvalue weighted by Gasteiger charge is -2.15. The van der Waals surface area contributed by atoms with Gasteiger partial charge < -0.3 is 25.6 Å². The molecule has 0 saturated carbocycles. The summed E-state index contributed by atoms with van der Waals surface area (Å²) < 4.78 is 7.33. The molecule has 0 bridgehead atoms. The van der Waals surface area contributed by atoms with Crippen molar-refractivity contribution in [1.82, 2.24) is 19.5 Å². The third-order valence-electron chi connectivity index (χ3n) is 3.54. The number of aliphatic hydroxyl groups is 2. The summed E-state index contributed by atoms with van der Waals surface area (Å²) in [6, 6.07) is 0. The van der Waals surface area contributed by atoms with Crippen molar-refractivity contribution in [2.45, 2.75) is 24.9 Å². The van der Waals surface area contributed by atoms with Gasteiger partial charge in [0.05, 0.1) is 19.0 Å². The van der Waals surface area contributed by atoms with Gasteiger partial charge in [0, 0.05) is 20.5 Å². The van der Waals surface area contributed by atoms with Gasteiger partial charge in [0.2, 0.25) is 5.95 Å². The van der Waals surface area contributed by atoms with Crippen LogP contribution in [0.2, 0.25) is 0 Å². The van der Waals surface area contributed by atoms with Crippen LogP contribution in [0.1, 0.15) is 12.6 Å². The standard InChI is InChI=1S/C12H18N6O3/c1-17(2)10-9-11(16-12(13)15-10)18(5-14-9)8-3-6(20)7(4-19)21-8/h5-8,19-20H,3-4H2,1-2H3,(H2,13,15,16)/t6-,7-,8-/m1/s1. The number of hydrogen-bond donors (Lipinski definition) is 3. The van der Waals surface area contributed by atoms with E-state index in [1.807, 2.05) is 14.1 Å². The summed E-state index contributed by atoms with van der Waals surface area (Å²) in [5.41, 5.74) is 6.90. The molecule has 4 N–H and O–H groups in total. The molecule has 2 aromatic rings. The first-order chi connectivity index (χ1) is 10.0. The van der Waals surface area contributed by atoms with E-state index in [9.17, 15) is 5.11 Å². The quantitative estimate of drug-likeness (QED) is 0.666. The molecule has 3 heterocycles. The van der Waals surface area contributed by atoms with Crippen molar-refractivity contribution in [2.24, 2.45) is 0 Å². The second-order valence-electron chi connectivity index (χ2n) is 5.24. The van der Waals surface area contributed by atoms with Gasteiger partial charge in [-0.3, -0.25) is 4.57 Å². The monoisotopic (exact) mass is 294 g/mol. The average Bonchev–Trinajstić information content (AvgIpc) is 3.00. The Labute approximate surface area is 121 Å². The SMILES string of the molecule is CN(C)c1nc(N)nc2c1ncn2[C@H]1C[C@@H](O)[C@@H](CO)O1. The van der Waals surface area contributed by atoms with E-state index in [0.29, 0.717) is 23.4 Å². The molecule has 21 heavy (non-hydrogen) atoms. The van der Waals surface area contributed by atoms with Gasteiger partial charge in [-0.1, -0.05) is 0 Å². The highest BCUT2D eigenvalue weighted by Gasteiger charge is 2.35. The molecule has 2 aromatic heterocycles. The average molecular weight is 294 g/mol. The van der Waals surface area contributed by atoms with Crippen LogP contribution in [-0.2, 0) is 4.74 Å². The summed E-state index contributed by atoms with van der Waals surface area (Å²) in [7, 11) is 3.69.